The maximum absolute atomic E-state index is 12.3. The fourth-order valence-electron chi connectivity index (χ4n) is 2.26. The summed E-state index contributed by atoms with van der Waals surface area (Å²) in [6.07, 6.45) is 0.0293. The van der Waals surface area contributed by atoms with Gasteiger partial charge in [-0.2, -0.15) is 0 Å². The van der Waals surface area contributed by atoms with Crippen molar-refractivity contribution >= 4 is 5.91 Å². The second-order valence-electron chi connectivity index (χ2n) is 5.25. The molecule has 0 N–H and O–H groups in total. The largest absolute Gasteiger partial charge is 0.377 e. The average Bonchev–Trinajstić information content (AvgIpc) is 2.53. The van der Waals surface area contributed by atoms with Crippen LogP contribution in [0.15, 0.2) is 48.5 Å². The monoisotopic (exact) mass is 283 g/mol. The summed E-state index contributed by atoms with van der Waals surface area (Å²) in [5.74, 6) is 0.00999. The van der Waals surface area contributed by atoms with E-state index in [0.717, 1.165) is 16.7 Å². The van der Waals surface area contributed by atoms with Crippen molar-refractivity contribution in [2.45, 2.75) is 13.0 Å². The van der Waals surface area contributed by atoms with Gasteiger partial charge in [-0.25, -0.2) is 0 Å². The van der Waals surface area contributed by atoms with Gasteiger partial charge in [0.2, 0.25) is 0 Å². The molecule has 0 aromatic heterocycles. The third-order valence-corrected chi connectivity index (χ3v) is 3.58. The third-order valence-electron chi connectivity index (χ3n) is 3.58. The Bertz CT molecular complexity index is 635. The van der Waals surface area contributed by atoms with E-state index in [2.05, 4.69) is 6.07 Å². The van der Waals surface area contributed by atoms with Crippen LogP contribution in [0, 0.1) is 0 Å². The van der Waals surface area contributed by atoms with Gasteiger partial charge < -0.3 is 9.64 Å². The molecule has 0 saturated heterocycles. The summed E-state index contributed by atoms with van der Waals surface area (Å²) in [7, 11) is 5.23. The SMILES string of the molecule is COC(C)c1cccc(-c2ccccc2C(=O)N(C)C)c1. The van der Waals surface area contributed by atoms with Gasteiger partial charge in [-0.3, -0.25) is 4.79 Å². The summed E-state index contributed by atoms with van der Waals surface area (Å²) in [6.45, 7) is 2.01. The number of carbonyl (C=O) groups excluding carboxylic acids is 1. The Morgan fingerprint density at radius 3 is 2.48 bits per heavy atom. The summed E-state index contributed by atoms with van der Waals surface area (Å²) >= 11 is 0. The molecule has 3 nitrogen and oxygen atoms in total. The first kappa shape index (κ1) is 15.3. The van der Waals surface area contributed by atoms with E-state index < -0.39 is 0 Å². The zero-order valence-corrected chi connectivity index (χ0v) is 13.0. The molecule has 110 valence electrons. The second kappa shape index (κ2) is 6.55. The summed E-state index contributed by atoms with van der Waals surface area (Å²) in [5.41, 5.74) is 3.79. The first-order valence-electron chi connectivity index (χ1n) is 6.98. The Kier molecular flexibility index (Phi) is 4.76. The Balaban J connectivity index is 2.50. The van der Waals surface area contributed by atoms with Crippen molar-refractivity contribution in [1.29, 1.82) is 0 Å². The molecule has 0 bridgehead atoms. The molecule has 2 aromatic carbocycles. The summed E-state index contributed by atoms with van der Waals surface area (Å²) < 4.78 is 5.37. The molecular weight excluding hydrogens is 262 g/mol. The molecule has 2 aromatic rings. The minimum Gasteiger partial charge on any atom is -0.377 e. The zero-order valence-electron chi connectivity index (χ0n) is 13.0. The molecule has 0 spiro atoms. The third kappa shape index (κ3) is 3.31. The van der Waals surface area contributed by atoms with Crippen LogP contribution in [0.5, 0.6) is 0 Å². The number of amides is 1. The normalized spacial score (nSPS) is 12.0. The zero-order chi connectivity index (χ0) is 15.4. The van der Waals surface area contributed by atoms with Gasteiger partial charge in [0.05, 0.1) is 6.10 Å². The van der Waals surface area contributed by atoms with E-state index in [1.165, 1.54) is 0 Å². The summed E-state index contributed by atoms with van der Waals surface area (Å²) in [4.78, 5) is 13.9. The van der Waals surface area contributed by atoms with E-state index in [9.17, 15) is 4.79 Å². The van der Waals surface area contributed by atoms with Crippen molar-refractivity contribution in [3.63, 3.8) is 0 Å². The molecule has 1 amide bonds. The number of methoxy groups -OCH3 is 1. The van der Waals surface area contributed by atoms with Crippen LogP contribution in [-0.4, -0.2) is 32.0 Å². The lowest BCUT2D eigenvalue weighted by Crippen LogP contribution is -2.22. The highest BCUT2D eigenvalue weighted by molar-refractivity contribution is 6.00. The molecule has 1 unspecified atom stereocenters. The van der Waals surface area contributed by atoms with E-state index in [0.29, 0.717) is 5.56 Å². The number of nitrogens with zero attached hydrogens (tertiary/aromatic N) is 1. The lowest BCUT2D eigenvalue weighted by Gasteiger charge is -2.16. The molecule has 0 aliphatic heterocycles. The van der Waals surface area contributed by atoms with Gasteiger partial charge in [0.25, 0.3) is 5.91 Å². The maximum atomic E-state index is 12.3. The first-order valence-corrected chi connectivity index (χ1v) is 6.98. The minimum atomic E-state index is 0.00999. The van der Waals surface area contributed by atoms with E-state index in [4.69, 9.17) is 4.74 Å². The molecule has 2 rings (SSSR count). The van der Waals surface area contributed by atoms with Crippen molar-refractivity contribution < 1.29 is 9.53 Å². The van der Waals surface area contributed by atoms with Crippen LogP contribution in [0.25, 0.3) is 11.1 Å². The first-order chi connectivity index (χ1) is 10.0. The number of carbonyl (C=O) groups is 1. The van der Waals surface area contributed by atoms with Crippen LogP contribution in [0.4, 0.5) is 0 Å². The maximum Gasteiger partial charge on any atom is 0.253 e. The second-order valence-corrected chi connectivity index (χ2v) is 5.25. The number of hydrogen-bond donors (Lipinski definition) is 0. The Morgan fingerprint density at radius 2 is 1.81 bits per heavy atom. The average molecular weight is 283 g/mol. The van der Waals surface area contributed by atoms with Crippen molar-refractivity contribution in [1.82, 2.24) is 4.90 Å². The van der Waals surface area contributed by atoms with Gasteiger partial charge in [0.15, 0.2) is 0 Å². The van der Waals surface area contributed by atoms with Crippen LogP contribution >= 0.6 is 0 Å². The predicted octanol–water partition coefficient (Wildman–Crippen LogP) is 3.76. The molecule has 0 aliphatic rings. The molecular formula is C18H21NO2. The molecule has 0 aliphatic carbocycles. The van der Waals surface area contributed by atoms with E-state index in [1.807, 2.05) is 49.4 Å². The Hall–Kier alpha value is -2.13. The molecule has 21 heavy (non-hydrogen) atoms. The number of benzene rings is 2. The van der Waals surface area contributed by atoms with Gasteiger partial charge in [0, 0.05) is 26.8 Å². The quantitative estimate of drug-likeness (QED) is 0.855. The summed E-state index contributed by atoms with van der Waals surface area (Å²) in [6, 6.07) is 15.8. The number of hydrogen-bond acceptors (Lipinski definition) is 2. The van der Waals surface area contributed by atoms with Crippen LogP contribution in [-0.2, 0) is 4.74 Å². The van der Waals surface area contributed by atoms with Gasteiger partial charge in [0.1, 0.15) is 0 Å². The lowest BCUT2D eigenvalue weighted by atomic mass is 9.96. The fourth-order valence-corrected chi connectivity index (χ4v) is 2.26. The lowest BCUT2D eigenvalue weighted by molar-refractivity contribution is 0.0828. The highest BCUT2D eigenvalue weighted by Gasteiger charge is 2.14. The van der Waals surface area contributed by atoms with E-state index in [-0.39, 0.29) is 12.0 Å². The van der Waals surface area contributed by atoms with E-state index in [1.54, 1.807) is 26.1 Å². The van der Waals surface area contributed by atoms with E-state index >= 15 is 0 Å². The molecule has 3 heteroatoms. The molecule has 0 heterocycles. The minimum absolute atomic E-state index is 0.00999. The molecule has 0 fully saturated rings. The standard InChI is InChI=1S/C18H21NO2/c1-13(21-4)14-8-7-9-15(12-14)16-10-5-6-11-17(16)18(20)19(2)3/h5-13H,1-4H3. The topological polar surface area (TPSA) is 29.5 Å². The Labute approximate surface area is 126 Å². The van der Waals surface area contributed by atoms with Gasteiger partial charge >= 0.3 is 0 Å². The van der Waals surface area contributed by atoms with Crippen LogP contribution < -0.4 is 0 Å². The van der Waals surface area contributed by atoms with Gasteiger partial charge in [-0.1, -0.05) is 36.4 Å². The van der Waals surface area contributed by atoms with Crippen LogP contribution in [0.3, 0.4) is 0 Å². The van der Waals surface area contributed by atoms with Crippen molar-refractivity contribution in [2.24, 2.45) is 0 Å². The fraction of sp³-hybridized carbons (Fsp3) is 0.278. The Morgan fingerprint density at radius 1 is 1.10 bits per heavy atom. The summed E-state index contributed by atoms with van der Waals surface area (Å²) in [5, 5.41) is 0. The molecule has 0 saturated carbocycles. The molecule has 1 atom stereocenters. The smallest absolute Gasteiger partial charge is 0.253 e. The van der Waals surface area contributed by atoms with Crippen molar-refractivity contribution in [3.05, 3.63) is 59.7 Å². The highest BCUT2D eigenvalue weighted by atomic mass is 16.5. The van der Waals surface area contributed by atoms with Crippen LogP contribution in [0.2, 0.25) is 0 Å². The number of ether oxygens (including phenoxy) is 1. The van der Waals surface area contributed by atoms with Crippen LogP contribution in [0.1, 0.15) is 28.9 Å². The predicted molar refractivity (Wildman–Crippen MR) is 85.3 cm³/mol. The van der Waals surface area contributed by atoms with Crippen molar-refractivity contribution in [3.8, 4) is 11.1 Å². The van der Waals surface area contributed by atoms with Crippen molar-refractivity contribution in [2.75, 3.05) is 21.2 Å². The van der Waals surface area contributed by atoms with Gasteiger partial charge in [-0.05, 0) is 35.7 Å². The highest BCUT2D eigenvalue weighted by Crippen LogP contribution is 2.27. The number of rotatable bonds is 4. The van der Waals surface area contributed by atoms with Gasteiger partial charge in [-0.15, -0.1) is 0 Å². The molecule has 0 radical (unpaired) electrons.